The molecule has 0 saturated heterocycles. The number of nitrogens with zero attached hydrogens (tertiary/aromatic N) is 2. The molecule has 0 unspecified atom stereocenters. The number of rotatable bonds is 16. The summed E-state index contributed by atoms with van der Waals surface area (Å²) < 4.78 is 1.85. The third-order valence-corrected chi connectivity index (χ3v) is 8.45. The van der Waals surface area contributed by atoms with Gasteiger partial charge in [-0.1, -0.05) is 47.5 Å². The Hall–Kier alpha value is -1.54. The molecule has 226 valence electrons. The fourth-order valence-corrected chi connectivity index (χ4v) is 5.28. The van der Waals surface area contributed by atoms with E-state index in [0.717, 1.165) is 84.2 Å². The van der Waals surface area contributed by atoms with Crippen LogP contribution in [0.1, 0.15) is 51.7 Å². The van der Waals surface area contributed by atoms with E-state index in [1.54, 1.807) is 0 Å². The standard InChI is InChI=1S/C30H44Cl2N4O2.2ClH/c1-5-35(6-2,23-25-11-15-27(31)16-12-25)21-9-19-33-29(37)30(38)34-20-10-22-36(7-3,8-4)24-26-13-17-28(32)18-14-26;;/h11-18H,5-10,19-24H2,1-4H3;2*1H. The van der Waals surface area contributed by atoms with E-state index in [0.29, 0.717) is 13.1 Å². The maximum absolute atomic E-state index is 12.3. The first kappa shape index (κ1) is 38.5. The van der Waals surface area contributed by atoms with E-state index >= 15 is 0 Å². The Morgan fingerprint density at radius 3 is 1.18 bits per heavy atom. The normalized spacial score (nSPS) is 11.2. The van der Waals surface area contributed by atoms with Crippen molar-refractivity contribution in [3.05, 3.63) is 69.7 Å². The van der Waals surface area contributed by atoms with Gasteiger partial charge in [-0.3, -0.25) is 9.59 Å². The van der Waals surface area contributed by atoms with Gasteiger partial charge in [-0.15, -0.1) is 0 Å². The van der Waals surface area contributed by atoms with Crippen LogP contribution in [0.15, 0.2) is 48.5 Å². The summed E-state index contributed by atoms with van der Waals surface area (Å²) in [6.07, 6.45) is 1.62. The Morgan fingerprint density at radius 2 is 0.900 bits per heavy atom. The molecule has 2 aromatic carbocycles. The van der Waals surface area contributed by atoms with Gasteiger partial charge in [-0.2, -0.15) is 0 Å². The van der Waals surface area contributed by atoms with Crippen LogP contribution in [-0.4, -0.2) is 73.1 Å². The van der Waals surface area contributed by atoms with Crippen LogP contribution in [-0.2, 0) is 22.7 Å². The van der Waals surface area contributed by atoms with E-state index in [9.17, 15) is 9.59 Å². The van der Waals surface area contributed by atoms with Crippen molar-refractivity contribution in [3.63, 3.8) is 0 Å². The van der Waals surface area contributed by atoms with Gasteiger partial charge in [0, 0.05) is 47.1 Å². The number of carbonyl (C=O) groups is 2. The quantitative estimate of drug-likeness (QED) is 0.148. The molecule has 0 aromatic heterocycles. The molecule has 0 atom stereocenters. The number of hydrogen-bond donors (Lipinski definition) is 2. The van der Waals surface area contributed by atoms with Gasteiger partial charge in [0.25, 0.3) is 0 Å². The number of halogens is 4. The van der Waals surface area contributed by atoms with Crippen molar-refractivity contribution in [1.29, 1.82) is 0 Å². The Kier molecular flexibility index (Phi) is 18.8. The molecule has 0 saturated carbocycles. The minimum absolute atomic E-state index is 0. The third kappa shape index (κ3) is 12.5. The Balaban J connectivity index is 0.00000760. The first-order valence-electron chi connectivity index (χ1n) is 14.0. The molecule has 0 heterocycles. The van der Waals surface area contributed by atoms with Crippen LogP contribution in [0.3, 0.4) is 0 Å². The SMILES string of the molecule is CC[N+](CC)(CCCNC(=O)C(=O)NCCC[N+](CC)(CC)Cc1ccc(Cl)cc1)Cc1ccc(Cl)cc1.[Cl-].[Cl-]. The second-order valence-electron chi connectivity index (χ2n) is 10.2. The number of quaternary nitrogens is 2. The van der Waals surface area contributed by atoms with Crippen LogP contribution >= 0.6 is 23.2 Å². The Bertz CT molecular complexity index is 914. The molecule has 2 rings (SSSR count). The molecule has 0 aliphatic rings. The molecule has 2 N–H and O–H groups in total. The van der Waals surface area contributed by atoms with Crippen molar-refractivity contribution in [2.45, 2.75) is 53.6 Å². The summed E-state index contributed by atoms with van der Waals surface area (Å²) in [6.45, 7) is 17.5. The van der Waals surface area contributed by atoms with Crippen LogP contribution in [0.4, 0.5) is 0 Å². The van der Waals surface area contributed by atoms with Gasteiger partial charge in [-0.05, 0) is 52.0 Å². The van der Waals surface area contributed by atoms with Crippen LogP contribution in [0.2, 0.25) is 10.0 Å². The molecule has 0 bridgehead atoms. The number of nitrogens with one attached hydrogen (secondary N) is 2. The van der Waals surface area contributed by atoms with Gasteiger partial charge in [0.15, 0.2) is 0 Å². The van der Waals surface area contributed by atoms with Gasteiger partial charge < -0.3 is 44.4 Å². The van der Waals surface area contributed by atoms with Crippen molar-refractivity contribution in [2.24, 2.45) is 0 Å². The van der Waals surface area contributed by atoms with E-state index in [4.69, 9.17) is 23.2 Å². The maximum atomic E-state index is 12.3. The molecule has 2 aromatic rings. The lowest BCUT2D eigenvalue weighted by Gasteiger charge is -2.37. The van der Waals surface area contributed by atoms with Crippen molar-refractivity contribution in [3.8, 4) is 0 Å². The largest absolute Gasteiger partial charge is 1.00 e. The van der Waals surface area contributed by atoms with Gasteiger partial charge in [0.1, 0.15) is 13.1 Å². The molecule has 0 aliphatic heterocycles. The van der Waals surface area contributed by atoms with Crippen molar-refractivity contribution < 1.29 is 43.4 Å². The minimum atomic E-state index is -0.554. The monoisotopic (exact) mass is 634 g/mol. The highest BCUT2D eigenvalue weighted by Crippen LogP contribution is 2.19. The van der Waals surface area contributed by atoms with E-state index in [2.05, 4.69) is 62.6 Å². The zero-order valence-corrected chi connectivity index (χ0v) is 27.4. The molecule has 0 aliphatic carbocycles. The average molecular weight is 637 g/mol. The van der Waals surface area contributed by atoms with Gasteiger partial charge in [0.2, 0.25) is 0 Å². The number of hydrogen-bond acceptors (Lipinski definition) is 2. The fourth-order valence-electron chi connectivity index (χ4n) is 5.03. The van der Waals surface area contributed by atoms with E-state index < -0.39 is 11.8 Å². The van der Waals surface area contributed by atoms with E-state index in [-0.39, 0.29) is 24.8 Å². The zero-order chi connectivity index (χ0) is 28.0. The van der Waals surface area contributed by atoms with E-state index in [1.165, 1.54) is 11.1 Å². The second-order valence-corrected chi connectivity index (χ2v) is 11.1. The molecular weight excluding hydrogens is 590 g/mol. The highest BCUT2D eigenvalue weighted by molar-refractivity contribution is 6.35. The van der Waals surface area contributed by atoms with Crippen LogP contribution in [0, 0.1) is 0 Å². The molecule has 0 radical (unpaired) electrons. The predicted octanol–water partition coefficient (Wildman–Crippen LogP) is -0.573. The summed E-state index contributed by atoms with van der Waals surface area (Å²) in [5.74, 6) is -1.11. The van der Waals surface area contributed by atoms with E-state index in [1.807, 2.05) is 24.3 Å². The first-order chi connectivity index (χ1) is 18.2. The van der Waals surface area contributed by atoms with Crippen LogP contribution < -0.4 is 35.4 Å². The zero-order valence-electron chi connectivity index (χ0n) is 24.3. The second kappa shape index (κ2) is 19.6. The van der Waals surface area contributed by atoms with Gasteiger partial charge in [-0.25, -0.2) is 0 Å². The molecule has 0 fully saturated rings. The maximum Gasteiger partial charge on any atom is 0.309 e. The molecule has 6 nitrogen and oxygen atoms in total. The summed E-state index contributed by atoms with van der Waals surface area (Å²) in [6, 6.07) is 16.0. The summed E-state index contributed by atoms with van der Waals surface area (Å²) in [4.78, 5) is 24.7. The lowest BCUT2D eigenvalue weighted by molar-refractivity contribution is -0.937. The number of benzene rings is 2. The lowest BCUT2D eigenvalue weighted by atomic mass is 10.1. The molecular formula is C30H46Cl4N4O2. The minimum Gasteiger partial charge on any atom is -1.00 e. The predicted molar refractivity (Wildman–Crippen MR) is 158 cm³/mol. The van der Waals surface area contributed by atoms with Gasteiger partial charge in [0.05, 0.1) is 39.3 Å². The molecule has 40 heavy (non-hydrogen) atoms. The number of amides is 2. The topological polar surface area (TPSA) is 58.2 Å². The van der Waals surface area contributed by atoms with Crippen molar-refractivity contribution >= 4 is 35.0 Å². The van der Waals surface area contributed by atoms with Crippen molar-refractivity contribution in [1.82, 2.24) is 10.6 Å². The first-order valence-corrected chi connectivity index (χ1v) is 14.7. The number of carbonyl (C=O) groups excluding carboxylic acids is 2. The van der Waals surface area contributed by atoms with Crippen LogP contribution in [0.5, 0.6) is 0 Å². The van der Waals surface area contributed by atoms with Crippen molar-refractivity contribution in [2.75, 3.05) is 52.4 Å². The molecule has 10 heteroatoms. The average Bonchev–Trinajstić information content (AvgIpc) is 2.94. The highest BCUT2D eigenvalue weighted by atomic mass is 35.5. The molecule has 0 spiro atoms. The fraction of sp³-hybridized carbons (Fsp3) is 0.533. The lowest BCUT2D eigenvalue weighted by Crippen LogP contribution is -3.00. The Labute approximate surface area is 263 Å². The summed E-state index contributed by atoms with van der Waals surface area (Å²) in [5.41, 5.74) is 2.51. The summed E-state index contributed by atoms with van der Waals surface area (Å²) >= 11 is 12.1. The highest BCUT2D eigenvalue weighted by Gasteiger charge is 2.25. The van der Waals surface area contributed by atoms with Gasteiger partial charge >= 0.3 is 11.8 Å². The smallest absolute Gasteiger partial charge is 0.309 e. The Morgan fingerprint density at radius 1 is 0.600 bits per heavy atom. The summed E-state index contributed by atoms with van der Waals surface area (Å²) in [7, 11) is 0. The molecule has 2 amide bonds. The van der Waals surface area contributed by atoms with Crippen LogP contribution in [0.25, 0.3) is 0 Å². The third-order valence-electron chi connectivity index (χ3n) is 7.94. The summed E-state index contributed by atoms with van der Waals surface area (Å²) in [5, 5.41) is 7.08.